The van der Waals surface area contributed by atoms with E-state index < -0.39 is 11.8 Å². The van der Waals surface area contributed by atoms with Gasteiger partial charge in [0.1, 0.15) is 0 Å². The second-order valence-corrected chi connectivity index (χ2v) is 5.95. The molecule has 2 rings (SSSR count). The van der Waals surface area contributed by atoms with Gasteiger partial charge in [-0.05, 0) is 42.2 Å². The Hall–Kier alpha value is -2.53. The van der Waals surface area contributed by atoms with Crippen molar-refractivity contribution in [2.45, 2.75) is 26.2 Å². The van der Waals surface area contributed by atoms with Gasteiger partial charge in [-0.2, -0.15) is 0 Å². The van der Waals surface area contributed by atoms with E-state index in [0.29, 0.717) is 22.1 Å². The number of nitrogens with one attached hydrogen (secondary N) is 2. The van der Waals surface area contributed by atoms with Gasteiger partial charge in [0.2, 0.25) is 0 Å². The largest absolute Gasteiger partial charge is 0.398 e. The molecule has 0 fully saturated rings. The first-order valence-electron chi connectivity index (χ1n) is 7.68. The summed E-state index contributed by atoms with van der Waals surface area (Å²) in [7, 11) is 0. The summed E-state index contributed by atoms with van der Waals surface area (Å²) in [4.78, 5) is 24.2. The van der Waals surface area contributed by atoms with Gasteiger partial charge in [0, 0.05) is 11.4 Å². The highest BCUT2D eigenvalue weighted by Crippen LogP contribution is 2.26. The third-order valence-corrected chi connectivity index (χ3v) is 4.14. The van der Waals surface area contributed by atoms with E-state index in [1.165, 1.54) is 6.07 Å². The third kappa shape index (κ3) is 4.26. The molecular formula is C18H20ClN3O2. The lowest BCUT2D eigenvalue weighted by Crippen LogP contribution is -2.29. The van der Waals surface area contributed by atoms with Crippen LogP contribution in [-0.4, -0.2) is 11.8 Å². The maximum atomic E-state index is 12.2. The number of carbonyl (C=O) groups excluding carboxylic acids is 2. The van der Waals surface area contributed by atoms with Gasteiger partial charge in [0.25, 0.3) is 0 Å². The highest BCUT2D eigenvalue weighted by Gasteiger charge is 2.17. The summed E-state index contributed by atoms with van der Waals surface area (Å²) in [6, 6.07) is 12.1. The molecule has 126 valence electrons. The predicted molar refractivity (Wildman–Crippen MR) is 98.3 cm³/mol. The molecule has 1 atom stereocenters. The minimum absolute atomic E-state index is 0.278. The van der Waals surface area contributed by atoms with Crippen LogP contribution in [0.15, 0.2) is 42.5 Å². The monoisotopic (exact) mass is 345 g/mol. The van der Waals surface area contributed by atoms with Gasteiger partial charge in [-0.15, -0.1) is 0 Å². The van der Waals surface area contributed by atoms with Gasteiger partial charge in [-0.1, -0.05) is 43.6 Å². The van der Waals surface area contributed by atoms with Crippen molar-refractivity contribution < 1.29 is 9.59 Å². The number of hydrogen-bond acceptors (Lipinski definition) is 3. The first-order chi connectivity index (χ1) is 11.4. The topological polar surface area (TPSA) is 84.2 Å². The Morgan fingerprint density at radius 1 is 1.12 bits per heavy atom. The van der Waals surface area contributed by atoms with Crippen LogP contribution < -0.4 is 16.4 Å². The fraction of sp³-hybridized carbons (Fsp3) is 0.222. The molecular weight excluding hydrogens is 326 g/mol. The number of para-hydroxylation sites is 1. The molecule has 6 heteroatoms. The average molecular weight is 346 g/mol. The molecule has 5 nitrogen and oxygen atoms in total. The Labute approximate surface area is 146 Å². The molecule has 0 bridgehead atoms. The number of hydrogen-bond donors (Lipinski definition) is 3. The molecule has 0 aromatic heterocycles. The van der Waals surface area contributed by atoms with E-state index in [-0.39, 0.29) is 5.92 Å². The summed E-state index contributed by atoms with van der Waals surface area (Å²) >= 11 is 5.90. The number of nitrogens with two attached hydrogens (primary N) is 1. The zero-order chi connectivity index (χ0) is 17.7. The van der Waals surface area contributed by atoms with Crippen molar-refractivity contribution in [1.82, 2.24) is 0 Å². The van der Waals surface area contributed by atoms with E-state index in [0.717, 1.165) is 12.0 Å². The van der Waals surface area contributed by atoms with Gasteiger partial charge in [-0.3, -0.25) is 9.59 Å². The summed E-state index contributed by atoms with van der Waals surface area (Å²) in [5, 5.41) is 5.48. The molecule has 0 radical (unpaired) electrons. The second-order valence-electron chi connectivity index (χ2n) is 5.54. The van der Waals surface area contributed by atoms with Crippen molar-refractivity contribution in [3.8, 4) is 0 Å². The highest BCUT2D eigenvalue weighted by molar-refractivity contribution is 6.44. The van der Waals surface area contributed by atoms with Crippen LogP contribution in [0.25, 0.3) is 0 Å². The van der Waals surface area contributed by atoms with Crippen LogP contribution >= 0.6 is 11.6 Å². The van der Waals surface area contributed by atoms with Crippen molar-refractivity contribution in [2.75, 3.05) is 16.4 Å². The smallest absolute Gasteiger partial charge is 0.314 e. The lowest BCUT2D eigenvalue weighted by molar-refractivity contribution is -0.133. The Kier molecular flexibility index (Phi) is 5.82. The highest BCUT2D eigenvalue weighted by atomic mass is 35.5. The maximum absolute atomic E-state index is 12.2. The number of halogens is 1. The Bertz CT molecular complexity index is 762. The number of rotatable bonds is 4. The van der Waals surface area contributed by atoms with Crippen molar-refractivity contribution in [3.05, 3.63) is 53.1 Å². The van der Waals surface area contributed by atoms with Crippen molar-refractivity contribution >= 4 is 40.5 Å². The fourth-order valence-electron chi connectivity index (χ4n) is 2.23. The molecule has 0 aliphatic carbocycles. The molecule has 0 heterocycles. The molecule has 2 amide bonds. The molecule has 0 saturated heterocycles. The molecule has 0 spiro atoms. The maximum Gasteiger partial charge on any atom is 0.314 e. The number of nitrogen functional groups attached to an aromatic ring is 1. The van der Waals surface area contributed by atoms with Gasteiger partial charge < -0.3 is 16.4 Å². The SMILES string of the molecule is CCC(C)c1ccccc1NC(=O)C(=O)Nc1ccc(N)c(Cl)c1. The van der Waals surface area contributed by atoms with Crippen LogP contribution in [0.5, 0.6) is 0 Å². The predicted octanol–water partition coefficient (Wildman–Crippen LogP) is 4.01. The minimum Gasteiger partial charge on any atom is -0.398 e. The van der Waals surface area contributed by atoms with Gasteiger partial charge in [0.15, 0.2) is 0 Å². The third-order valence-electron chi connectivity index (χ3n) is 3.82. The van der Waals surface area contributed by atoms with Crippen LogP contribution in [0.4, 0.5) is 17.1 Å². The Balaban J connectivity index is 2.09. The molecule has 2 aromatic rings. The average Bonchev–Trinajstić information content (AvgIpc) is 2.58. The summed E-state index contributed by atoms with van der Waals surface area (Å²) in [6.45, 7) is 4.14. The molecule has 4 N–H and O–H groups in total. The standard InChI is InChI=1S/C18H20ClN3O2/c1-3-11(2)13-6-4-5-7-16(13)22-18(24)17(23)21-12-8-9-15(20)14(19)10-12/h4-11H,3,20H2,1-2H3,(H,21,23)(H,22,24). The summed E-state index contributed by atoms with van der Waals surface area (Å²) < 4.78 is 0. The van der Waals surface area contributed by atoms with Crippen LogP contribution in [0.3, 0.4) is 0 Å². The van der Waals surface area contributed by atoms with E-state index in [1.807, 2.05) is 18.2 Å². The van der Waals surface area contributed by atoms with Gasteiger partial charge in [0.05, 0.1) is 10.7 Å². The van der Waals surface area contributed by atoms with Crippen molar-refractivity contribution in [2.24, 2.45) is 0 Å². The van der Waals surface area contributed by atoms with E-state index in [2.05, 4.69) is 24.5 Å². The van der Waals surface area contributed by atoms with Crippen LogP contribution in [0.2, 0.25) is 5.02 Å². The first-order valence-corrected chi connectivity index (χ1v) is 8.06. The second kappa shape index (κ2) is 7.84. The fourth-order valence-corrected chi connectivity index (χ4v) is 2.41. The molecule has 0 saturated carbocycles. The molecule has 0 aliphatic heterocycles. The Morgan fingerprint density at radius 3 is 2.46 bits per heavy atom. The van der Waals surface area contributed by atoms with E-state index in [1.54, 1.807) is 18.2 Å². The lowest BCUT2D eigenvalue weighted by Gasteiger charge is -2.15. The summed E-state index contributed by atoms with van der Waals surface area (Å²) in [6.07, 6.45) is 0.934. The van der Waals surface area contributed by atoms with Crippen LogP contribution in [-0.2, 0) is 9.59 Å². The van der Waals surface area contributed by atoms with Crippen LogP contribution in [0.1, 0.15) is 31.7 Å². The van der Waals surface area contributed by atoms with Crippen molar-refractivity contribution in [1.29, 1.82) is 0 Å². The van der Waals surface area contributed by atoms with Gasteiger partial charge in [-0.25, -0.2) is 0 Å². The van der Waals surface area contributed by atoms with E-state index >= 15 is 0 Å². The van der Waals surface area contributed by atoms with Crippen molar-refractivity contribution in [3.63, 3.8) is 0 Å². The zero-order valence-corrected chi connectivity index (χ0v) is 14.4. The lowest BCUT2D eigenvalue weighted by atomic mass is 9.97. The summed E-state index contributed by atoms with van der Waals surface area (Å²) in [5.74, 6) is -1.23. The quantitative estimate of drug-likeness (QED) is 0.578. The minimum atomic E-state index is -0.769. The number of anilines is 3. The molecule has 2 aromatic carbocycles. The molecule has 1 unspecified atom stereocenters. The normalized spacial score (nSPS) is 11.6. The Morgan fingerprint density at radius 2 is 1.79 bits per heavy atom. The zero-order valence-electron chi connectivity index (χ0n) is 13.6. The number of amides is 2. The first kappa shape index (κ1) is 17.8. The van der Waals surface area contributed by atoms with E-state index in [4.69, 9.17) is 17.3 Å². The molecule has 24 heavy (non-hydrogen) atoms. The van der Waals surface area contributed by atoms with E-state index in [9.17, 15) is 9.59 Å². The van der Waals surface area contributed by atoms with Gasteiger partial charge >= 0.3 is 11.8 Å². The number of carbonyl (C=O) groups is 2. The molecule has 0 aliphatic rings. The number of benzene rings is 2. The van der Waals surface area contributed by atoms with Crippen LogP contribution in [0, 0.1) is 0 Å². The summed E-state index contributed by atoms with van der Waals surface area (Å²) in [5.41, 5.74) is 8.06.